The van der Waals surface area contributed by atoms with Crippen LogP contribution in [-0.4, -0.2) is 58.1 Å². The number of para-hydroxylation sites is 2. The van der Waals surface area contributed by atoms with E-state index in [1.165, 1.54) is 4.31 Å². The van der Waals surface area contributed by atoms with Crippen LogP contribution in [0, 0.1) is 6.92 Å². The summed E-state index contributed by atoms with van der Waals surface area (Å²) in [6, 6.07) is 24.4. The Morgan fingerprint density at radius 3 is 2.26 bits per heavy atom. The van der Waals surface area contributed by atoms with Crippen LogP contribution in [0.2, 0.25) is 0 Å². The second kappa shape index (κ2) is 9.85. The Kier molecular flexibility index (Phi) is 6.65. The van der Waals surface area contributed by atoms with Gasteiger partial charge in [0.25, 0.3) is 10.0 Å². The second-order valence-electron chi connectivity index (χ2n) is 9.14. The van der Waals surface area contributed by atoms with Crippen molar-refractivity contribution in [1.82, 2.24) is 9.80 Å². The van der Waals surface area contributed by atoms with Crippen molar-refractivity contribution in [3.63, 3.8) is 0 Å². The molecule has 0 spiro atoms. The zero-order valence-electron chi connectivity index (χ0n) is 20.2. The van der Waals surface area contributed by atoms with Gasteiger partial charge >= 0.3 is 0 Å². The Balaban J connectivity index is 1.58. The topological polar surface area (TPSA) is 53.1 Å². The number of anilines is 1. The van der Waals surface area contributed by atoms with Gasteiger partial charge in [0, 0.05) is 31.7 Å². The molecule has 3 aromatic rings. The molecule has 2 heterocycles. The molecule has 182 valence electrons. The highest BCUT2D eigenvalue weighted by Gasteiger charge is 2.43. The fourth-order valence-electron chi connectivity index (χ4n) is 4.80. The van der Waals surface area contributed by atoms with Crippen molar-refractivity contribution >= 4 is 15.7 Å². The maximum absolute atomic E-state index is 14.0. The van der Waals surface area contributed by atoms with Gasteiger partial charge in [0.05, 0.1) is 22.3 Å². The Bertz CT molecular complexity index is 1300. The molecule has 1 unspecified atom stereocenters. The number of benzene rings is 3. The zero-order chi connectivity index (χ0) is 24.4. The maximum atomic E-state index is 14.0. The van der Waals surface area contributed by atoms with E-state index in [1.807, 2.05) is 73.7 Å². The van der Waals surface area contributed by atoms with E-state index in [4.69, 9.17) is 4.74 Å². The number of aryl methyl sites for hydroxylation is 1. The van der Waals surface area contributed by atoms with E-state index in [-0.39, 0.29) is 17.5 Å². The molecule has 7 heteroatoms. The number of hydrogen-bond donors (Lipinski definition) is 0. The molecule has 0 N–H and O–H groups in total. The lowest BCUT2D eigenvalue weighted by atomic mass is 10.0. The Morgan fingerprint density at radius 1 is 0.886 bits per heavy atom. The molecule has 0 bridgehead atoms. The normalized spacial score (nSPS) is 20.2. The quantitative estimate of drug-likeness (QED) is 0.512. The fraction of sp³-hybridized carbons (Fsp3) is 0.286. The summed E-state index contributed by atoms with van der Waals surface area (Å²) in [4.78, 5) is 4.98. The average Bonchev–Trinajstić information content (AvgIpc) is 3.20. The highest BCUT2D eigenvalue weighted by molar-refractivity contribution is 7.93. The summed E-state index contributed by atoms with van der Waals surface area (Å²) in [6.07, 6.45) is 1.93. The van der Waals surface area contributed by atoms with Crippen LogP contribution in [0.4, 0.5) is 5.69 Å². The van der Waals surface area contributed by atoms with Gasteiger partial charge in [-0.3, -0.25) is 4.90 Å². The molecule has 0 aliphatic carbocycles. The van der Waals surface area contributed by atoms with E-state index < -0.39 is 10.0 Å². The number of sulfonamides is 1. The lowest BCUT2D eigenvalue weighted by molar-refractivity contribution is 0.127. The molecule has 1 atom stereocenters. The Labute approximate surface area is 208 Å². The van der Waals surface area contributed by atoms with E-state index >= 15 is 0 Å². The lowest BCUT2D eigenvalue weighted by Gasteiger charge is -2.37. The third-order valence-corrected chi connectivity index (χ3v) is 8.47. The summed E-state index contributed by atoms with van der Waals surface area (Å²) in [7, 11) is -1.70. The van der Waals surface area contributed by atoms with E-state index in [1.54, 1.807) is 12.1 Å². The van der Waals surface area contributed by atoms with Gasteiger partial charge in [0.2, 0.25) is 0 Å². The average molecular weight is 490 g/mol. The van der Waals surface area contributed by atoms with Crippen LogP contribution < -0.4 is 9.04 Å². The van der Waals surface area contributed by atoms with Crippen LogP contribution in [0.25, 0.3) is 0 Å². The summed E-state index contributed by atoms with van der Waals surface area (Å²) < 4.78 is 35.6. The van der Waals surface area contributed by atoms with E-state index in [0.717, 1.165) is 48.8 Å². The highest BCUT2D eigenvalue weighted by atomic mass is 32.2. The van der Waals surface area contributed by atoms with Crippen LogP contribution >= 0.6 is 0 Å². The minimum atomic E-state index is -3.82. The number of fused-ring (bicyclic) bond motifs is 1. The Hall–Kier alpha value is -3.13. The molecule has 3 aromatic carbocycles. The predicted octanol–water partition coefficient (Wildman–Crippen LogP) is 4.46. The first-order valence-corrected chi connectivity index (χ1v) is 13.4. The summed E-state index contributed by atoms with van der Waals surface area (Å²) in [5.74, 6) is 0.754. The molecular weight excluding hydrogens is 458 g/mol. The van der Waals surface area contributed by atoms with Crippen LogP contribution in [0.1, 0.15) is 17.2 Å². The predicted molar refractivity (Wildman–Crippen MR) is 139 cm³/mol. The molecule has 0 saturated carbocycles. The van der Waals surface area contributed by atoms with Crippen molar-refractivity contribution in [2.24, 2.45) is 0 Å². The molecule has 6 nitrogen and oxygen atoms in total. The van der Waals surface area contributed by atoms with Crippen molar-refractivity contribution in [2.45, 2.75) is 17.9 Å². The van der Waals surface area contributed by atoms with Crippen molar-refractivity contribution in [2.75, 3.05) is 44.1 Å². The molecular formula is C28H31N3O3S. The summed E-state index contributed by atoms with van der Waals surface area (Å²) in [6.45, 7) is 5.85. The van der Waals surface area contributed by atoms with Gasteiger partial charge in [-0.2, -0.15) is 0 Å². The molecule has 0 radical (unpaired) electrons. The fourth-order valence-corrected chi connectivity index (χ4v) is 6.36. The van der Waals surface area contributed by atoms with Gasteiger partial charge in [-0.25, -0.2) is 12.7 Å². The SMILES string of the molecule is Cc1ccc(S(=O)(=O)N2/C(=C\COc3ccccc3)C(N3CCN(C)CC3)c3ccccc32)cc1. The van der Waals surface area contributed by atoms with Crippen molar-refractivity contribution in [3.8, 4) is 5.75 Å². The van der Waals surface area contributed by atoms with E-state index in [9.17, 15) is 8.42 Å². The summed E-state index contributed by atoms with van der Waals surface area (Å²) >= 11 is 0. The van der Waals surface area contributed by atoms with Gasteiger partial charge in [-0.1, -0.05) is 54.1 Å². The first kappa shape index (κ1) is 23.6. The van der Waals surface area contributed by atoms with Gasteiger partial charge in [-0.05, 0) is 50.4 Å². The standard InChI is InChI=1S/C28H31N3O3S/c1-22-12-14-24(15-13-22)35(32,33)31-26-11-7-6-10-25(26)28(30-19-17-29(2)18-20-30)27(31)16-21-34-23-8-4-3-5-9-23/h3-16,28H,17-21H2,1-2H3/b27-16-. The molecule has 1 fully saturated rings. The van der Waals surface area contributed by atoms with Crippen molar-refractivity contribution in [3.05, 3.63) is 102 Å². The van der Waals surface area contributed by atoms with E-state index in [2.05, 4.69) is 22.9 Å². The van der Waals surface area contributed by atoms with Crippen LogP contribution in [0.3, 0.4) is 0 Å². The molecule has 0 amide bonds. The first-order chi connectivity index (χ1) is 16.9. The van der Waals surface area contributed by atoms with Crippen molar-refractivity contribution in [1.29, 1.82) is 0 Å². The monoisotopic (exact) mass is 489 g/mol. The first-order valence-electron chi connectivity index (χ1n) is 12.0. The lowest BCUT2D eigenvalue weighted by Crippen LogP contribution is -2.46. The Morgan fingerprint density at radius 2 is 1.54 bits per heavy atom. The second-order valence-corrected chi connectivity index (χ2v) is 10.9. The molecule has 5 rings (SSSR count). The van der Waals surface area contributed by atoms with Gasteiger partial charge in [-0.15, -0.1) is 0 Å². The number of piperazine rings is 1. The third kappa shape index (κ3) is 4.72. The van der Waals surface area contributed by atoms with Crippen molar-refractivity contribution < 1.29 is 13.2 Å². The molecule has 1 saturated heterocycles. The van der Waals surface area contributed by atoms with Crippen LogP contribution in [-0.2, 0) is 10.0 Å². The number of likely N-dealkylation sites (N-methyl/N-ethyl adjacent to an activating group) is 1. The van der Waals surface area contributed by atoms with Gasteiger partial charge in [0.15, 0.2) is 0 Å². The minimum Gasteiger partial charge on any atom is -0.489 e. The molecule has 35 heavy (non-hydrogen) atoms. The number of ether oxygens (including phenoxy) is 1. The zero-order valence-corrected chi connectivity index (χ0v) is 21.0. The minimum absolute atomic E-state index is 0.153. The largest absolute Gasteiger partial charge is 0.489 e. The van der Waals surface area contributed by atoms with Crippen LogP contribution in [0.15, 0.2) is 95.5 Å². The molecule has 2 aliphatic rings. The smallest absolute Gasteiger partial charge is 0.268 e. The highest BCUT2D eigenvalue weighted by Crippen LogP contribution is 2.48. The van der Waals surface area contributed by atoms with E-state index in [0.29, 0.717) is 5.69 Å². The number of hydrogen-bond acceptors (Lipinski definition) is 5. The van der Waals surface area contributed by atoms with Crippen LogP contribution in [0.5, 0.6) is 5.75 Å². The molecule has 0 aromatic heterocycles. The number of rotatable bonds is 6. The summed E-state index contributed by atoms with van der Waals surface area (Å²) in [5.41, 5.74) is 3.47. The summed E-state index contributed by atoms with van der Waals surface area (Å²) in [5, 5.41) is 0. The number of nitrogens with zero attached hydrogens (tertiary/aromatic N) is 3. The molecule has 2 aliphatic heterocycles. The van der Waals surface area contributed by atoms with Gasteiger partial charge in [0.1, 0.15) is 12.4 Å². The third-order valence-electron chi connectivity index (χ3n) is 6.71. The maximum Gasteiger partial charge on any atom is 0.268 e. The van der Waals surface area contributed by atoms with Gasteiger partial charge < -0.3 is 9.64 Å².